The average Bonchev–Trinajstić information content (AvgIpc) is 3.24. The molecule has 0 bridgehead atoms. The summed E-state index contributed by atoms with van der Waals surface area (Å²) in [5.74, 6) is 2.79. The van der Waals surface area contributed by atoms with E-state index in [2.05, 4.69) is 54.4 Å². The molecule has 1 saturated heterocycles. The van der Waals surface area contributed by atoms with Gasteiger partial charge in [-0.1, -0.05) is 19.0 Å². The minimum absolute atomic E-state index is 0.368. The Bertz CT molecular complexity index is 753. The molecule has 0 aliphatic carbocycles. The third-order valence-corrected chi connectivity index (χ3v) is 4.97. The SMILES string of the molecule is CN=C(NCCCN1CCN(c2ncccn2)CC1)NCc1cc(C(C)C)no1. The lowest BCUT2D eigenvalue weighted by Gasteiger charge is -2.34. The first kappa shape index (κ1) is 21.0. The second kappa shape index (κ2) is 10.8. The van der Waals surface area contributed by atoms with Gasteiger partial charge in [0, 0.05) is 58.2 Å². The predicted molar refractivity (Wildman–Crippen MR) is 114 cm³/mol. The van der Waals surface area contributed by atoms with Gasteiger partial charge < -0.3 is 20.1 Å². The van der Waals surface area contributed by atoms with Gasteiger partial charge >= 0.3 is 0 Å². The molecular weight excluding hydrogens is 368 g/mol. The van der Waals surface area contributed by atoms with Crippen molar-refractivity contribution in [1.29, 1.82) is 0 Å². The van der Waals surface area contributed by atoms with Crippen LogP contribution in [-0.2, 0) is 6.54 Å². The van der Waals surface area contributed by atoms with E-state index in [1.807, 2.05) is 12.1 Å². The Balaban J connectivity index is 1.30. The van der Waals surface area contributed by atoms with E-state index < -0.39 is 0 Å². The van der Waals surface area contributed by atoms with Crippen molar-refractivity contribution in [2.24, 2.45) is 4.99 Å². The average molecular weight is 401 g/mol. The molecule has 0 spiro atoms. The topological polar surface area (TPSA) is 94.7 Å². The minimum atomic E-state index is 0.368. The second-order valence-electron chi connectivity index (χ2n) is 7.46. The highest BCUT2D eigenvalue weighted by Gasteiger charge is 2.18. The second-order valence-corrected chi connectivity index (χ2v) is 7.46. The van der Waals surface area contributed by atoms with Crippen molar-refractivity contribution >= 4 is 11.9 Å². The maximum atomic E-state index is 5.35. The van der Waals surface area contributed by atoms with Crippen molar-refractivity contribution < 1.29 is 4.52 Å². The van der Waals surface area contributed by atoms with Crippen LogP contribution in [0.5, 0.6) is 0 Å². The first-order chi connectivity index (χ1) is 14.2. The van der Waals surface area contributed by atoms with E-state index in [0.717, 1.165) is 69.1 Å². The van der Waals surface area contributed by atoms with Crippen LogP contribution in [0.25, 0.3) is 0 Å². The number of hydrogen-bond donors (Lipinski definition) is 2. The van der Waals surface area contributed by atoms with Gasteiger partial charge in [-0.05, 0) is 24.9 Å². The van der Waals surface area contributed by atoms with Gasteiger partial charge in [-0.15, -0.1) is 0 Å². The molecule has 1 aliphatic heterocycles. The molecule has 2 N–H and O–H groups in total. The summed E-state index contributed by atoms with van der Waals surface area (Å²) in [6.45, 7) is 10.7. The molecule has 0 unspecified atom stereocenters. The standard InChI is InChI=1S/C20H32N8O/c1-16(2)18-14-17(29-26-18)15-25-19(21-3)22-8-5-9-27-10-12-28(13-11-27)20-23-6-4-7-24-20/h4,6-7,14,16H,5,8-13,15H2,1-3H3,(H2,21,22,25). The van der Waals surface area contributed by atoms with Gasteiger partial charge in [0.1, 0.15) is 0 Å². The van der Waals surface area contributed by atoms with Gasteiger partial charge in [-0.3, -0.25) is 9.89 Å². The summed E-state index contributed by atoms with van der Waals surface area (Å²) in [6.07, 6.45) is 4.65. The van der Waals surface area contributed by atoms with Crippen LogP contribution in [0.4, 0.5) is 5.95 Å². The van der Waals surface area contributed by atoms with Crippen LogP contribution < -0.4 is 15.5 Å². The molecule has 158 valence electrons. The third kappa shape index (κ3) is 6.42. The summed E-state index contributed by atoms with van der Waals surface area (Å²) in [5, 5.41) is 10.7. The number of nitrogens with zero attached hydrogens (tertiary/aromatic N) is 6. The van der Waals surface area contributed by atoms with Crippen molar-refractivity contribution in [2.75, 3.05) is 51.2 Å². The summed E-state index contributed by atoms with van der Waals surface area (Å²) in [5.41, 5.74) is 0.976. The molecule has 1 aliphatic rings. The van der Waals surface area contributed by atoms with E-state index in [1.54, 1.807) is 19.4 Å². The van der Waals surface area contributed by atoms with Gasteiger partial charge in [0.15, 0.2) is 11.7 Å². The maximum Gasteiger partial charge on any atom is 0.225 e. The first-order valence-electron chi connectivity index (χ1n) is 10.3. The van der Waals surface area contributed by atoms with Crippen LogP contribution in [0.15, 0.2) is 34.0 Å². The van der Waals surface area contributed by atoms with Crippen molar-refractivity contribution in [3.63, 3.8) is 0 Å². The van der Waals surface area contributed by atoms with Crippen LogP contribution in [0.1, 0.15) is 37.6 Å². The Morgan fingerprint density at radius 1 is 1.17 bits per heavy atom. The van der Waals surface area contributed by atoms with Crippen molar-refractivity contribution in [1.82, 2.24) is 30.7 Å². The van der Waals surface area contributed by atoms with E-state index in [-0.39, 0.29) is 0 Å². The zero-order valence-electron chi connectivity index (χ0n) is 17.6. The van der Waals surface area contributed by atoms with Crippen LogP contribution in [0.3, 0.4) is 0 Å². The number of anilines is 1. The zero-order chi connectivity index (χ0) is 20.5. The number of aliphatic imine (C=N–C) groups is 1. The highest BCUT2D eigenvalue weighted by molar-refractivity contribution is 5.79. The fourth-order valence-electron chi connectivity index (χ4n) is 3.21. The molecule has 0 aromatic carbocycles. The van der Waals surface area contributed by atoms with Gasteiger partial charge in [0.25, 0.3) is 0 Å². The van der Waals surface area contributed by atoms with Gasteiger partial charge in [-0.2, -0.15) is 0 Å². The first-order valence-corrected chi connectivity index (χ1v) is 10.3. The molecule has 1 fully saturated rings. The smallest absolute Gasteiger partial charge is 0.225 e. The van der Waals surface area contributed by atoms with E-state index in [0.29, 0.717) is 12.5 Å². The molecular formula is C20H32N8O. The minimum Gasteiger partial charge on any atom is -0.359 e. The molecule has 2 aromatic rings. The quantitative estimate of drug-likeness (QED) is 0.391. The molecule has 3 heterocycles. The molecule has 3 rings (SSSR count). The van der Waals surface area contributed by atoms with Crippen molar-refractivity contribution in [3.05, 3.63) is 36.0 Å². The molecule has 0 radical (unpaired) electrons. The molecule has 0 saturated carbocycles. The van der Waals surface area contributed by atoms with Crippen molar-refractivity contribution in [2.45, 2.75) is 32.7 Å². The Kier molecular flexibility index (Phi) is 7.80. The number of nitrogens with one attached hydrogen (secondary N) is 2. The molecule has 0 atom stereocenters. The summed E-state index contributed by atoms with van der Waals surface area (Å²) in [7, 11) is 1.78. The Morgan fingerprint density at radius 3 is 2.59 bits per heavy atom. The van der Waals surface area contributed by atoms with Crippen LogP contribution in [0.2, 0.25) is 0 Å². The van der Waals surface area contributed by atoms with Crippen molar-refractivity contribution in [3.8, 4) is 0 Å². The lowest BCUT2D eigenvalue weighted by Crippen LogP contribution is -2.47. The Morgan fingerprint density at radius 2 is 1.93 bits per heavy atom. The Labute approximate surface area is 172 Å². The van der Waals surface area contributed by atoms with E-state index in [4.69, 9.17) is 4.52 Å². The van der Waals surface area contributed by atoms with Gasteiger partial charge in [-0.25, -0.2) is 9.97 Å². The molecule has 9 heteroatoms. The zero-order valence-corrected chi connectivity index (χ0v) is 17.6. The summed E-state index contributed by atoms with van der Waals surface area (Å²) in [4.78, 5) is 17.7. The summed E-state index contributed by atoms with van der Waals surface area (Å²) < 4.78 is 5.35. The number of rotatable bonds is 8. The van der Waals surface area contributed by atoms with E-state index in [1.165, 1.54) is 0 Å². The number of aromatic nitrogens is 3. The van der Waals surface area contributed by atoms with E-state index in [9.17, 15) is 0 Å². The fraction of sp³-hybridized carbons (Fsp3) is 0.600. The number of guanidine groups is 1. The summed E-state index contributed by atoms with van der Waals surface area (Å²) in [6, 6.07) is 3.84. The van der Waals surface area contributed by atoms with Crippen LogP contribution in [-0.4, -0.2) is 72.3 Å². The largest absolute Gasteiger partial charge is 0.359 e. The normalized spacial score (nSPS) is 15.7. The van der Waals surface area contributed by atoms with Crippen LogP contribution >= 0.6 is 0 Å². The molecule has 29 heavy (non-hydrogen) atoms. The predicted octanol–water partition coefficient (Wildman–Crippen LogP) is 1.47. The maximum absolute atomic E-state index is 5.35. The van der Waals surface area contributed by atoms with E-state index >= 15 is 0 Å². The molecule has 9 nitrogen and oxygen atoms in total. The highest BCUT2D eigenvalue weighted by Crippen LogP contribution is 2.13. The lowest BCUT2D eigenvalue weighted by molar-refractivity contribution is 0.254. The highest BCUT2D eigenvalue weighted by atomic mass is 16.5. The van der Waals surface area contributed by atoms with Gasteiger partial charge in [0.05, 0.1) is 12.2 Å². The number of hydrogen-bond acceptors (Lipinski definition) is 7. The molecule has 2 aromatic heterocycles. The fourth-order valence-corrected chi connectivity index (χ4v) is 3.21. The number of piperazine rings is 1. The summed E-state index contributed by atoms with van der Waals surface area (Å²) >= 11 is 0. The van der Waals surface area contributed by atoms with Crippen LogP contribution in [0, 0.1) is 0 Å². The third-order valence-electron chi connectivity index (χ3n) is 4.97. The Hall–Kier alpha value is -2.68. The monoisotopic (exact) mass is 400 g/mol. The van der Waals surface area contributed by atoms with Gasteiger partial charge in [0.2, 0.25) is 5.95 Å². The lowest BCUT2D eigenvalue weighted by atomic mass is 10.1. The molecule has 0 amide bonds.